The van der Waals surface area contributed by atoms with Crippen molar-refractivity contribution in [3.8, 4) is 11.3 Å². The summed E-state index contributed by atoms with van der Waals surface area (Å²) >= 11 is 1.68. The normalized spacial score (nSPS) is 15.6. The molecule has 2 N–H and O–H groups in total. The molecule has 0 unspecified atom stereocenters. The van der Waals surface area contributed by atoms with Crippen LogP contribution in [0.15, 0.2) is 12.5 Å². The van der Waals surface area contributed by atoms with Gasteiger partial charge in [-0.05, 0) is 30.9 Å². The molecule has 1 fully saturated rings. The summed E-state index contributed by atoms with van der Waals surface area (Å²) in [6, 6.07) is 0. The predicted octanol–water partition coefficient (Wildman–Crippen LogP) is 3.01. The van der Waals surface area contributed by atoms with Gasteiger partial charge in [-0.3, -0.25) is 9.69 Å². The number of nitrogens with zero attached hydrogens (tertiary/aromatic N) is 5. The molecule has 4 aromatic heterocycles. The molecule has 0 spiro atoms. The highest BCUT2D eigenvalue weighted by molar-refractivity contribution is 7.18. The minimum absolute atomic E-state index is 0.0860. The summed E-state index contributed by atoms with van der Waals surface area (Å²) in [6.45, 7) is 11.3. The number of carbonyl (C=O) groups excluding carboxylic acids is 1. The lowest BCUT2D eigenvalue weighted by molar-refractivity contribution is -0.124. The Bertz CT molecular complexity index is 1270. The zero-order chi connectivity index (χ0) is 21.0. The first-order valence-electron chi connectivity index (χ1n) is 10.2. The van der Waals surface area contributed by atoms with E-state index in [0.29, 0.717) is 25.6 Å². The molecular formula is C21H25N7OS. The van der Waals surface area contributed by atoms with Crippen molar-refractivity contribution in [3.63, 3.8) is 0 Å². The molecule has 0 radical (unpaired) electrons. The number of pyridine rings is 1. The van der Waals surface area contributed by atoms with Crippen LogP contribution in [0.5, 0.6) is 0 Å². The number of thiazole rings is 1. The number of piperazine rings is 1. The van der Waals surface area contributed by atoms with Gasteiger partial charge in [0.15, 0.2) is 5.65 Å². The van der Waals surface area contributed by atoms with Crippen LogP contribution in [0.25, 0.3) is 27.3 Å². The first-order valence-corrected chi connectivity index (χ1v) is 11.0. The van der Waals surface area contributed by atoms with E-state index in [9.17, 15) is 4.79 Å². The number of amides is 1. The van der Waals surface area contributed by atoms with Gasteiger partial charge in [0, 0.05) is 30.4 Å². The van der Waals surface area contributed by atoms with Crippen LogP contribution < -0.4 is 5.32 Å². The van der Waals surface area contributed by atoms with Crippen molar-refractivity contribution < 1.29 is 4.79 Å². The van der Waals surface area contributed by atoms with Gasteiger partial charge in [-0.2, -0.15) is 5.10 Å². The Labute approximate surface area is 178 Å². The Morgan fingerprint density at radius 1 is 1.27 bits per heavy atom. The maximum absolute atomic E-state index is 11.7. The molecule has 8 nitrogen and oxygen atoms in total. The van der Waals surface area contributed by atoms with Gasteiger partial charge in [-0.15, -0.1) is 0 Å². The maximum Gasteiger partial charge on any atom is 0.234 e. The quantitative estimate of drug-likeness (QED) is 0.527. The first kappa shape index (κ1) is 19.2. The molecule has 1 aliphatic heterocycles. The smallest absolute Gasteiger partial charge is 0.234 e. The predicted molar refractivity (Wildman–Crippen MR) is 118 cm³/mol. The number of H-pyrrole nitrogens is 1. The van der Waals surface area contributed by atoms with Crippen LogP contribution in [0.1, 0.15) is 41.5 Å². The van der Waals surface area contributed by atoms with Crippen molar-refractivity contribution in [2.75, 3.05) is 19.6 Å². The molecule has 0 saturated carbocycles. The second-order valence-corrected chi connectivity index (χ2v) is 9.32. The topological polar surface area (TPSA) is 91.2 Å². The van der Waals surface area contributed by atoms with E-state index in [0.717, 1.165) is 44.4 Å². The molecule has 0 bridgehead atoms. The standard InChI is InChI=1S/C21H25N7OS/c1-11(2)17-18(14-7-28-20(23-10-24-28)13(4)12(14)3)26-21-19(17)25-16(30-21)9-27-6-5-22-15(29)8-27/h7,10-11,26H,5-6,8-9H2,1-4H3,(H,22,29). The van der Waals surface area contributed by atoms with Crippen molar-refractivity contribution in [2.45, 2.75) is 40.2 Å². The Morgan fingerprint density at radius 3 is 2.87 bits per heavy atom. The molecule has 1 aliphatic rings. The van der Waals surface area contributed by atoms with Gasteiger partial charge in [0.25, 0.3) is 0 Å². The molecule has 5 rings (SSSR count). The van der Waals surface area contributed by atoms with E-state index in [1.54, 1.807) is 17.7 Å². The Morgan fingerprint density at radius 2 is 2.10 bits per heavy atom. The number of rotatable bonds is 4. The fourth-order valence-corrected chi connectivity index (χ4v) is 5.27. The number of fused-ring (bicyclic) bond motifs is 2. The van der Waals surface area contributed by atoms with Crippen LogP contribution in [-0.2, 0) is 11.3 Å². The van der Waals surface area contributed by atoms with E-state index in [-0.39, 0.29) is 5.91 Å². The molecule has 4 aromatic rings. The van der Waals surface area contributed by atoms with Crippen LogP contribution in [0, 0.1) is 13.8 Å². The average Bonchev–Trinajstić information content (AvgIpc) is 3.38. The van der Waals surface area contributed by atoms with Crippen molar-refractivity contribution in [1.82, 2.24) is 34.8 Å². The summed E-state index contributed by atoms with van der Waals surface area (Å²) in [4.78, 5) is 27.9. The van der Waals surface area contributed by atoms with Gasteiger partial charge < -0.3 is 10.3 Å². The van der Waals surface area contributed by atoms with Crippen LogP contribution >= 0.6 is 11.3 Å². The SMILES string of the molecule is Cc1c(-c2[nH]c3sc(CN4CCNC(=O)C4)nc3c2C(C)C)cn2ncnc2c1C. The molecule has 156 valence electrons. The monoisotopic (exact) mass is 423 g/mol. The second-order valence-electron chi connectivity index (χ2n) is 8.24. The fourth-order valence-electron chi connectivity index (χ4n) is 4.24. The number of hydrogen-bond donors (Lipinski definition) is 2. The second kappa shape index (κ2) is 7.17. The molecule has 0 aromatic carbocycles. The van der Waals surface area contributed by atoms with Crippen molar-refractivity contribution in [1.29, 1.82) is 0 Å². The summed E-state index contributed by atoms with van der Waals surface area (Å²) in [6.07, 6.45) is 3.65. The van der Waals surface area contributed by atoms with Crippen molar-refractivity contribution in [2.24, 2.45) is 0 Å². The zero-order valence-electron chi connectivity index (χ0n) is 17.6. The lowest BCUT2D eigenvalue weighted by Gasteiger charge is -2.25. The fraction of sp³-hybridized carbons (Fsp3) is 0.429. The summed E-state index contributed by atoms with van der Waals surface area (Å²) in [7, 11) is 0. The van der Waals surface area contributed by atoms with Gasteiger partial charge in [0.1, 0.15) is 21.7 Å². The number of nitrogens with one attached hydrogen (secondary N) is 2. The highest BCUT2D eigenvalue weighted by atomic mass is 32.1. The zero-order valence-corrected chi connectivity index (χ0v) is 18.4. The van der Waals surface area contributed by atoms with Gasteiger partial charge in [-0.25, -0.2) is 14.5 Å². The highest BCUT2D eigenvalue weighted by Crippen LogP contribution is 2.39. The number of aromatic amines is 1. The van der Waals surface area contributed by atoms with Gasteiger partial charge in [0.05, 0.1) is 18.8 Å². The van der Waals surface area contributed by atoms with Crippen LogP contribution in [-0.4, -0.2) is 55.0 Å². The lowest BCUT2D eigenvalue weighted by Crippen LogP contribution is -2.47. The Balaban J connectivity index is 1.58. The van der Waals surface area contributed by atoms with Gasteiger partial charge in [0.2, 0.25) is 5.91 Å². The average molecular weight is 424 g/mol. The van der Waals surface area contributed by atoms with Gasteiger partial charge in [-0.1, -0.05) is 25.2 Å². The van der Waals surface area contributed by atoms with E-state index in [4.69, 9.17) is 4.98 Å². The third-order valence-electron chi connectivity index (χ3n) is 5.88. The molecule has 0 aliphatic carbocycles. The third-order valence-corrected chi connectivity index (χ3v) is 6.84. The minimum Gasteiger partial charge on any atom is -0.354 e. The molecule has 0 atom stereocenters. The number of carbonyl (C=O) groups is 1. The van der Waals surface area contributed by atoms with Crippen LogP contribution in [0.2, 0.25) is 0 Å². The molecule has 1 amide bonds. The number of hydrogen-bond acceptors (Lipinski definition) is 6. The summed E-state index contributed by atoms with van der Waals surface area (Å²) < 4.78 is 1.84. The molecule has 9 heteroatoms. The maximum atomic E-state index is 11.7. The summed E-state index contributed by atoms with van der Waals surface area (Å²) in [5.41, 5.74) is 7.74. The highest BCUT2D eigenvalue weighted by Gasteiger charge is 2.24. The lowest BCUT2D eigenvalue weighted by atomic mass is 9.96. The molecular weight excluding hydrogens is 398 g/mol. The van der Waals surface area contributed by atoms with E-state index < -0.39 is 0 Å². The van der Waals surface area contributed by atoms with E-state index >= 15 is 0 Å². The van der Waals surface area contributed by atoms with Crippen molar-refractivity contribution >= 4 is 33.2 Å². The van der Waals surface area contributed by atoms with E-state index in [2.05, 4.69) is 59.2 Å². The Hall–Kier alpha value is -2.78. The van der Waals surface area contributed by atoms with Gasteiger partial charge >= 0.3 is 0 Å². The number of aromatic nitrogens is 5. The summed E-state index contributed by atoms with van der Waals surface area (Å²) in [5.74, 6) is 0.401. The molecule has 30 heavy (non-hydrogen) atoms. The Kier molecular flexibility index (Phi) is 4.59. The minimum atomic E-state index is 0.0860. The van der Waals surface area contributed by atoms with Crippen LogP contribution in [0.4, 0.5) is 0 Å². The van der Waals surface area contributed by atoms with E-state index in [1.165, 1.54) is 11.1 Å². The third kappa shape index (κ3) is 3.09. The number of aryl methyl sites for hydroxylation is 1. The molecule has 1 saturated heterocycles. The first-order chi connectivity index (χ1) is 14.4. The van der Waals surface area contributed by atoms with E-state index in [1.807, 2.05) is 4.52 Å². The van der Waals surface area contributed by atoms with Crippen LogP contribution in [0.3, 0.4) is 0 Å². The largest absolute Gasteiger partial charge is 0.354 e. The summed E-state index contributed by atoms with van der Waals surface area (Å²) in [5, 5.41) is 8.26. The van der Waals surface area contributed by atoms with Crippen molar-refractivity contribution in [3.05, 3.63) is 34.2 Å². The molecule has 5 heterocycles.